The average Bonchev–Trinajstić information content (AvgIpc) is 2.34. The van der Waals surface area contributed by atoms with E-state index in [1.165, 1.54) is 19.2 Å². The van der Waals surface area contributed by atoms with E-state index in [4.69, 9.17) is 4.74 Å². The van der Waals surface area contributed by atoms with Crippen molar-refractivity contribution < 1.29 is 14.6 Å². The Morgan fingerprint density at radius 2 is 1.67 bits per heavy atom. The fraction of sp³-hybridized carbons (Fsp3) is 0.455. The molecule has 0 atom stereocenters. The molecule has 0 bridgehead atoms. The quantitative estimate of drug-likeness (QED) is 0.574. The van der Waals surface area contributed by atoms with E-state index in [9.17, 15) is 20.2 Å². The number of unbranched alkanes of at least 4 members (excludes halogenated alkanes) is 1. The minimum absolute atomic E-state index is 0.301. The van der Waals surface area contributed by atoms with Crippen molar-refractivity contribution in [1.29, 1.82) is 0 Å². The third-order valence-electron chi connectivity index (χ3n) is 2.53. The van der Waals surface area contributed by atoms with Crippen molar-refractivity contribution in [3.63, 3.8) is 0 Å². The molecule has 98 valence electrons. The second-order valence-corrected chi connectivity index (χ2v) is 3.79. The summed E-state index contributed by atoms with van der Waals surface area (Å²) in [6, 6.07) is 2.67. The number of nitro groups is 2. The normalized spacial score (nSPS) is 10.1. The van der Waals surface area contributed by atoms with Crippen LogP contribution in [0.15, 0.2) is 12.1 Å². The standard InChI is InChI=1S/C11H14N2O5/c1-3-4-5-8-6-9(12(14)15)11(18-2)10(7-8)13(16)17/h6-7H,3-5H2,1-2H3. The van der Waals surface area contributed by atoms with Crippen molar-refractivity contribution in [1.82, 2.24) is 0 Å². The molecule has 0 radical (unpaired) electrons. The molecule has 18 heavy (non-hydrogen) atoms. The van der Waals surface area contributed by atoms with Gasteiger partial charge in [-0.2, -0.15) is 0 Å². The maximum absolute atomic E-state index is 10.9. The molecule has 0 amide bonds. The molecule has 0 spiro atoms. The van der Waals surface area contributed by atoms with Gasteiger partial charge in [0.1, 0.15) is 0 Å². The Morgan fingerprint density at radius 1 is 1.17 bits per heavy atom. The van der Waals surface area contributed by atoms with Gasteiger partial charge in [-0.25, -0.2) is 0 Å². The molecule has 0 saturated heterocycles. The zero-order chi connectivity index (χ0) is 13.7. The lowest BCUT2D eigenvalue weighted by Crippen LogP contribution is -2.01. The van der Waals surface area contributed by atoms with Gasteiger partial charge in [0.25, 0.3) is 5.75 Å². The van der Waals surface area contributed by atoms with E-state index in [2.05, 4.69) is 0 Å². The molecule has 1 aromatic carbocycles. The SMILES string of the molecule is CCCCc1cc([N+](=O)[O-])c(OC)c([N+](=O)[O-])c1. The van der Waals surface area contributed by atoms with Crippen LogP contribution in [0, 0.1) is 20.2 Å². The number of hydrogen-bond acceptors (Lipinski definition) is 5. The van der Waals surface area contributed by atoms with Gasteiger partial charge in [0.2, 0.25) is 0 Å². The minimum atomic E-state index is -0.665. The fourth-order valence-electron chi connectivity index (χ4n) is 1.66. The van der Waals surface area contributed by atoms with Crippen LogP contribution >= 0.6 is 0 Å². The predicted molar refractivity (Wildman–Crippen MR) is 64.9 cm³/mol. The summed E-state index contributed by atoms with van der Waals surface area (Å²) in [6.45, 7) is 1.98. The molecule has 0 aromatic heterocycles. The summed E-state index contributed by atoms with van der Waals surface area (Å²) >= 11 is 0. The maximum Gasteiger partial charge on any atom is 0.318 e. The number of hydrogen-bond donors (Lipinski definition) is 0. The predicted octanol–water partition coefficient (Wildman–Crippen LogP) is 2.85. The molecule has 7 heteroatoms. The van der Waals surface area contributed by atoms with E-state index >= 15 is 0 Å². The summed E-state index contributed by atoms with van der Waals surface area (Å²) < 4.78 is 4.78. The first-order valence-electron chi connectivity index (χ1n) is 5.51. The molecule has 0 fully saturated rings. The van der Waals surface area contributed by atoms with Crippen molar-refractivity contribution in [2.45, 2.75) is 26.2 Å². The first-order chi connectivity index (χ1) is 8.51. The maximum atomic E-state index is 10.9. The van der Waals surface area contributed by atoms with Crippen LogP contribution in [-0.4, -0.2) is 17.0 Å². The topological polar surface area (TPSA) is 95.5 Å². The number of ether oxygens (including phenoxy) is 1. The average molecular weight is 254 g/mol. The lowest BCUT2D eigenvalue weighted by atomic mass is 10.1. The zero-order valence-corrected chi connectivity index (χ0v) is 10.2. The van der Waals surface area contributed by atoms with Crippen LogP contribution in [0.3, 0.4) is 0 Å². The smallest absolute Gasteiger partial charge is 0.318 e. The second kappa shape index (κ2) is 5.95. The Morgan fingerprint density at radius 3 is 2.00 bits per heavy atom. The van der Waals surface area contributed by atoms with E-state index in [0.29, 0.717) is 12.0 Å². The van der Waals surface area contributed by atoms with Gasteiger partial charge in [0.05, 0.1) is 17.0 Å². The highest BCUT2D eigenvalue weighted by molar-refractivity contribution is 5.62. The molecule has 1 rings (SSSR count). The van der Waals surface area contributed by atoms with E-state index in [0.717, 1.165) is 12.8 Å². The highest BCUT2D eigenvalue weighted by atomic mass is 16.6. The Balaban J connectivity index is 3.34. The van der Waals surface area contributed by atoms with E-state index in [1.807, 2.05) is 6.92 Å². The van der Waals surface area contributed by atoms with Gasteiger partial charge in [-0.3, -0.25) is 20.2 Å². The molecule has 1 aromatic rings. The summed E-state index contributed by atoms with van der Waals surface area (Å²) in [5.74, 6) is -0.301. The zero-order valence-electron chi connectivity index (χ0n) is 10.2. The first kappa shape index (κ1) is 13.9. The second-order valence-electron chi connectivity index (χ2n) is 3.79. The lowest BCUT2D eigenvalue weighted by molar-refractivity contribution is -0.395. The summed E-state index contributed by atoms with van der Waals surface area (Å²) in [4.78, 5) is 20.4. The number of rotatable bonds is 6. The van der Waals surface area contributed by atoms with Gasteiger partial charge in [-0.1, -0.05) is 13.3 Å². The molecule has 0 heterocycles. The molecule has 0 aliphatic rings. The fourth-order valence-corrected chi connectivity index (χ4v) is 1.66. The van der Waals surface area contributed by atoms with Crippen LogP contribution in [-0.2, 0) is 6.42 Å². The Bertz CT molecular complexity index is 437. The van der Waals surface area contributed by atoms with Crippen molar-refractivity contribution in [3.8, 4) is 5.75 Å². The first-order valence-corrected chi connectivity index (χ1v) is 5.51. The third-order valence-corrected chi connectivity index (χ3v) is 2.53. The molecule has 0 saturated carbocycles. The molecule has 0 aliphatic heterocycles. The summed E-state index contributed by atoms with van der Waals surface area (Å²) in [5.41, 5.74) is -0.147. The summed E-state index contributed by atoms with van der Waals surface area (Å²) in [7, 11) is 1.18. The molecule has 7 nitrogen and oxygen atoms in total. The van der Waals surface area contributed by atoms with E-state index in [1.54, 1.807) is 0 Å². The summed E-state index contributed by atoms with van der Waals surface area (Å²) in [5, 5.41) is 21.8. The van der Waals surface area contributed by atoms with Gasteiger partial charge in [-0.15, -0.1) is 0 Å². The number of benzene rings is 1. The van der Waals surface area contributed by atoms with E-state index < -0.39 is 9.85 Å². The summed E-state index contributed by atoms with van der Waals surface area (Å²) in [6.07, 6.45) is 2.30. The Kier molecular flexibility index (Phi) is 4.59. The third kappa shape index (κ3) is 2.93. The minimum Gasteiger partial charge on any atom is -0.485 e. The van der Waals surface area contributed by atoms with Crippen molar-refractivity contribution in [2.75, 3.05) is 7.11 Å². The molecular weight excluding hydrogens is 240 g/mol. The number of nitro benzene ring substituents is 2. The molecule has 0 aliphatic carbocycles. The Labute approximate surface area is 104 Å². The van der Waals surface area contributed by atoms with Gasteiger partial charge in [0, 0.05) is 12.1 Å². The molecule has 0 N–H and O–H groups in total. The number of methoxy groups -OCH3 is 1. The van der Waals surface area contributed by atoms with Crippen LogP contribution in [0.1, 0.15) is 25.3 Å². The van der Waals surface area contributed by atoms with Crippen molar-refractivity contribution >= 4 is 11.4 Å². The van der Waals surface area contributed by atoms with E-state index in [-0.39, 0.29) is 17.1 Å². The van der Waals surface area contributed by atoms with Crippen molar-refractivity contribution in [2.24, 2.45) is 0 Å². The Hall–Kier alpha value is -2.18. The van der Waals surface area contributed by atoms with Crippen molar-refractivity contribution in [3.05, 3.63) is 37.9 Å². The van der Waals surface area contributed by atoms with Crippen LogP contribution in [0.2, 0.25) is 0 Å². The van der Waals surface area contributed by atoms with Crippen LogP contribution in [0.5, 0.6) is 5.75 Å². The highest BCUT2D eigenvalue weighted by Crippen LogP contribution is 2.37. The lowest BCUT2D eigenvalue weighted by Gasteiger charge is -2.05. The highest BCUT2D eigenvalue weighted by Gasteiger charge is 2.27. The molecular formula is C11H14N2O5. The number of nitrogens with zero attached hydrogens (tertiary/aromatic N) is 2. The monoisotopic (exact) mass is 254 g/mol. The van der Waals surface area contributed by atoms with Gasteiger partial charge < -0.3 is 4.74 Å². The molecule has 0 unspecified atom stereocenters. The van der Waals surface area contributed by atoms with Gasteiger partial charge in [-0.05, 0) is 18.4 Å². The van der Waals surface area contributed by atoms with Crippen LogP contribution in [0.4, 0.5) is 11.4 Å². The largest absolute Gasteiger partial charge is 0.485 e. The van der Waals surface area contributed by atoms with Crippen LogP contribution in [0.25, 0.3) is 0 Å². The number of aryl methyl sites for hydroxylation is 1. The van der Waals surface area contributed by atoms with Gasteiger partial charge in [0.15, 0.2) is 0 Å². The van der Waals surface area contributed by atoms with Crippen LogP contribution < -0.4 is 4.74 Å². The van der Waals surface area contributed by atoms with Gasteiger partial charge >= 0.3 is 11.4 Å².